The summed E-state index contributed by atoms with van der Waals surface area (Å²) in [5.74, 6) is 0. The van der Waals surface area contributed by atoms with Gasteiger partial charge in [0.25, 0.3) is 0 Å². The smallest absolute Gasteiger partial charge is 0.0812 e. The van der Waals surface area contributed by atoms with Crippen LogP contribution in [-0.2, 0) is 4.74 Å². The second-order valence-corrected chi connectivity index (χ2v) is 5.91. The van der Waals surface area contributed by atoms with Crippen LogP contribution in [0.5, 0.6) is 0 Å². The molecular formula is C15H25NO. The minimum atomic E-state index is -0.0834. The topological polar surface area (TPSA) is 35.2 Å². The molecule has 0 bridgehead atoms. The fourth-order valence-electron chi connectivity index (χ4n) is 2.32. The van der Waals surface area contributed by atoms with Crippen molar-refractivity contribution in [2.75, 3.05) is 7.11 Å². The van der Waals surface area contributed by atoms with E-state index in [2.05, 4.69) is 52.8 Å². The zero-order valence-electron chi connectivity index (χ0n) is 11.9. The van der Waals surface area contributed by atoms with Gasteiger partial charge in [-0.2, -0.15) is 0 Å². The molecule has 2 atom stereocenters. The van der Waals surface area contributed by atoms with Gasteiger partial charge in [-0.05, 0) is 30.4 Å². The highest BCUT2D eigenvalue weighted by molar-refractivity contribution is 5.33. The number of nitrogens with two attached hydrogens (primary N) is 1. The number of aryl methyl sites for hydroxylation is 2. The Morgan fingerprint density at radius 2 is 1.76 bits per heavy atom. The highest BCUT2D eigenvalue weighted by atomic mass is 16.5. The molecule has 0 aliphatic rings. The first-order valence-corrected chi connectivity index (χ1v) is 6.13. The van der Waals surface area contributed by atoms with Gasteiger partial charge in [0.1, 0.15) is 0 Å². The molecule has 1 aromatic carbocycles. The van der Waals surface area contributed by atoms with Crippen LogP contribution in [0.2, 0.25) is 0 Å². The second-order valence-electron chi connectivity index (χ2n) is 5.91. The Labute approximate surface area is 105 Å². The number of methoxy groups -OCH3 is 1. The third kappa shape index (κ3) is 3.30. The summed E-state index contributed by atoms with van der Waals surface area (Å²) >= 11 is 0. The Hall–Kier alpha value is -0.860. The zero-order valence-corrected chi connectivity index (χ0v) is 11.9. The fraction of sp³-hybridized carbons (Fsp3) is 0.600. The lowest BCUT2D eigenvalue weighted by Crippen LogP contribution is -2.39. The van der Waals surface area contributed by atoms with Crippen molar-refractivity contribution >= 4 is 0 Å². The van der Waals surface area contributed by atoms with Crippen LogP contribution in [0.4, 0.5) is 0 Å². The molecule has 0 spiro atoms. The van der Waals surface area contributed by atoms with E-state index in [0.29, 0.717) is 0 Å². The standard InChI is InChI=1S/C15H25NO/c1-10-7-8-11(2)12(9-10)13(16)14(17-6)15(3,4)5/h7-9,13-14H,16H2,1-6H3. The summed E-state index contributed by atoms with van der Waals surface area (Å²) in [5.41, 5.74) is 10.1. The third-order valence-electron chi connectivity index (χ3n) is 3.23. The minimum absolute atomic E-state index is 0.0167. The average Bonchev–Trinajstić information content (AvgIpc) is 2.20. The third-order valence-corrected chi connectivity index (χ3v) is 3.23. The lowest BCUT2D eigenvalue weighted by Gasteiger charge is -2.34. The summed E-state index contributed by atoms with van der Waals surface area (Å²) in [5, 5.41) is 0. The molecule has 1 aromatic rings. The maximum atomic E-state index is 6.38. The number of rotatable bonds is 3. The lowest BCUT2D eigenvalue weighted by molar-refractivity contribution is -0.00257. The van der Waals surface area contributed by atoms with E-state index in [4.69, 9.17) is 10.5 Å². The molecule has 96 valence electrons. The Morgan fingerprint density at radius 1 is 1.18 bits per heavy atom. The molecule has 0 radical (unpaired) electrons. The van der Waals surface area contributed by atoms with E-state index in [-0.39, 0.29) is 17.6 Å². The van der Waals surface area contributed by atoms with E-state index >= 15 is 0 Å². The SMILES string of the molecule is COC(C(N)c1cc(C)ccc1C)C(C)(C)C. The number of ether oxygens (including phenoxy) is 1. The van der Waals surface area contributed by atoms with Crippen LogP contribution in [0.3, 0.4) is 0 Å². The molecule has 0 saturated carbocycles. The first kappa shape index (κ1) is 14.2. The van der Waals surface area contributed by atoms with Gasteiger partial charge < -0.3 is 10.5 Å². The predicted octanol–water partition coefficient (Wildman–Crippen LogP) is 3.36. The van der Waals surface area contributed by atoms with Crippen molar-refractivity contribution in [3.63, 3.8) is 0 Å². The zero-order chi connectivity index (χ0) is 13.2. The minimum Gasteiger partial charge on any atom is -0.379 e. The van der Waals surface area contributed by atoms with Gasteiger partial charge in [-0.25, -0.2) is 0 Å². The summed E-state index contributed by atoms with van der Waals surface area (Å²) in [6.07, 6.45) is 0.0167. The van der Waals surface area contributed by atoms with E-state index in [1.54, 1.807) is 7.11 Å². The van der Waals surface area contributed by atoms with Gasteiger partial charge in [-0.15, -0.1) is 0 Å². The molecule has 0 heterocycles. The van der Waals surface area contributed by atoms with Crippen molar-refractivity contribution < 1.29 is 4.74 Å². The molecule has 0 aliphatic carbocycles. The first-order chi connectivity index (χ1) is 7.77. The van der Waals surface area contributed by atoms with Crippen molar-refractivity contribution in [2.45, 2.75) is 46.8 Å². The molecule has 2 unspecified atom stereocenters. The first-order valence-electron chi connectivity index (χ1n) is 6.13. The molecule has 0 saturated heterocycles. The normalized spacial score (nSPS) is 15.7. The van der Waals surface area contributed by atoms with Crippen LogP contribution in [-0.4, -0.2) is 13.2 Å². The van der Waals surface area contributed by atoms with Crippen molar-refractivity contribution in [3.8, 4) is 0 Å². The molecule has 2 heteroatoms. The molecule has 0 fully saturated rings. The average molecular weight is 235 g/mol. The van der Waals surface area contributed by atoms with E-state index in [0.717, 1.165) is 0 Å². The van der Waals surface area contributed by atoms with Crippen LogP contribution < -0.4 is 5.73 Å². The van der Waals surface area contributed by atoms with Crippen LogP contribution >= 0.6 is 0 Å². The van der Waals surface area contributed by atoms with Crippen molar-refractivity contribution in [3.05, 3.63) is 34.9 Å². The second kappa shape index (κ2) is 5.19. The summed E-state index contributed by atoms with van der Waals surface area (Å²) in [6.45, 7) is 10.7. The Bertz CT molecular complexity index is 379. The van der Waals surface area contributed by atoms with Crippen molar-refractivity contribution in [1.29, 1.82) is 0 Å². The van der Waals surface area contributed by atoms with E-state index in [1.165, 1.54) is 16.7 Å². The summed E-state index contributed by atoms with van der Waals surface area (Å²) < 4.78 is 5.60. The highest BCUT2D eigenvalue weighted by Gasteiger charge is 2.31. The van der Waals surface area contributed by atoms with Gasteiger partial charge in [0, 0.05) is 7.11 Å². The largest absolute Gasteiger partial charge is 0.379 e. The maximum Gasteiger partial charge on any atom is 0.0812 e. The molecule has 2 nitrogen and oxygen atoms in total. The monoisotopic (exact) mass is 235 g/mol. The summed E-state index contributed by atoms with van der Waals surface area (Å²) in [4.78, 5) is 0. The van der Waals surface area contributed by atoms with Crippen LogP contribution in [0.15, 0.2) is 18.2 Å². The molecule has 17 heavy (non-hydrogen) atoms. The highest BCUT2D eigenvalue weighted by Crippen LogP contribution is 2.32. The van der Waals surface area contributed by atoms with Gasteiger partial charge in [-0.1, -0.05) is 44.5 Å². The van der Waals surface area contributed by atoms with Gasteiger partial charge in [-0.3, -0.25) is 0 Å². The maximum absolute atomic E-state index is 6.38. The number of benzene rings is 1. The molecule has 2 N–H and O–H groups in total. The number of hydrogen-bond donors (Lipinski definition) is 1. The fourth-order valence-corrected chi connectivity index (χ4v) is 2.32. The van der Waals surface area contributed by atoms with Gasteiger partial charge in [0.15, 0.2) is 0 Å². The van der Waals surface area contributed by atoms with E-state index in [1.807, 2.05) is 0 Å². The lowest BCUT2D eigenvalue weighted by atomic mass is 9.81. The van der Waals surface area contributed by atoms with Gasteiger partial charge >= 0.3 is 0 Å². The quantitative estimate of drug-likeness (QED) is 0.872. The molecule has 0 aliphatic heterocycles. The number of hydrogen-bond acceptors (Lipinski definition) is 2. The van der Waals surface area contributed by atoms with Gasteiger partial charge in [0.05, 0.1) is 12.1 Å². The molecular weight excluding hydrogens is 210 g/mol. The summed E-state index contributed by atoms with van der Waals surface area (Å²) in [6, 6.07) is 6.32. The van der Waals surface area contributed by atoms with Crippen LogP contribution in [0.25, 0.3) is 0 Å². The van der Waals surface area contributed by atoms with Crippen molar-refractivity contribution in [1.82, 2.24) is 0 Å². The molecule has 1 rings (SSSR count). The molecule has 0 amide bonds. The van der Waals surface area contributed by atoms with E-state index < -0.39 is 0 Å². The Morgan fingerprint density at radius 3 is 2.24 bits per heavy atom. The van der Waals surface area contributed by atoms with E-state index in [9.17, 15) is 0 Å². The predicted molar refractivity (Wildman–Crippen MR) is 73.1 cm³/mol. The van der Waals surface area contributed by atoms with Crippen LogP contribution in [0, 0.1) is 19.3 Å². The Balaban J connectivity index is 3.10. The Kier molecular flexibility index (Phi) is 4.34. The van der Waals surface area contributed by atoms with Crippen LogP contribution in [0.1, 0.15) is 43.5 Å². The van der Waals surface area contributed by atoms with Crippen molar-refractivity contribution in [2.24, 2.45) is 11.1 Å². The van der Waals surface area contributed by atoms with Gasteiger partial charge in [0.2, 0.25) is 0 Å². The summed E-state index contributed by atoms with van der Waals surface area (Å²) in [7, 11) is 1.74. The molecule has 0 aromatic heterocycles.